The van der Waals surface area contributed by atoms with Gasteiger partial charge in [-0.1, -0.05) is 48.3 Å². The zero-order valence-corrected chi connectivity index (χ0v) is 16.1. The monoisotopic (exact) mass is 389 g/mol. The summed E-state index contributed by atoms with van der Waals surface area (Å²) >= 11 is 12.7. The molecule has 4 nitrogen and oxygen atoms in total. The van der Waals surface area contributed by atoms with Crippen molar-refractivity contribution >= 4 is 40.1 Å². The number of para-hydroxylation sites is 2. The molecule has 6 heteroatoms. The second-order valence-corrected chi connectivity index (χ2v) is 6.92. The van der Waals surface area contributed by atoms with Crippen LogP contribution in [0.1, 0.15) is 31.2 Å². The van der Waals surface area contributed by atoms with E-state index in [9.17, 15) is 4.79 Å². The third-order valence-corrected chi connectivity index (χ3v) is 5.04. The SMILES string of the molecule is CCC(=O)NCCCc1nc2ccccc2n1Cc1c(Cl)cccc1Cl. The molecule has 0 saturated carbocycles. The van der Waals surface area contributed by atoms with Crippen LogP contribution >= 0.6 is 23.2 Å². The average molecular weight is 390 g/mol. The smallest absolute Gasteiger partial charge is 0.219 e. The molecule has 3 rings (SSSR count). The summed E-state index contributed by atoms with van der Waals surface area (Å²) in [5, 5.41) is 4.20. The quantitative estimate of drug-likeness (QED) is 0.587. The van der Waals surface area contributed by atoms with Crippen molar-refractivity contribution in [3.63, 3.8) is 0 Å². The van der Waals surface area contributed by atoms with Crippen molar-refractivity contribution in [3.8, 4) is 0 Å². The van der Waals surface area contributed by atoms with Crippen molar-refractivity contribution in [1.82, 2.24) is 14.9 Å². The molecule has 0 atom stereocenters. The summed E-state index contributed by atoms with van der Waals surface area (Å²) in [5.74, 6) is 1.04. The highest BCUT2D eigenvalue weighted by Crippen LogP contribution is 2.27. The molecule has 1 heterocycles. The van der Waals surface area contributed by atoms with Gasteiger partial charge in [-0.2, -0.15) is 0 Å². The van der Waals surface area contributed by atoms with Gasteiger partial charge < -0.3 is 9.88 Å². The number of nitrogens with one attached hydrogen (secondary N) is 1. The molecule has 136 valence electrons. The molecule has 0 spiro atoms. The van der Waals surface area contributed by atoms with E-state index in [1.165, 1.54) is 0 Å². The highest BCUT2D eigenvalue weighted by atomic mass is 35.5. The van der Waals surface area contributed by atoms with Crippen LogP contribution in [0.25, 0.3) is 11.0 Å². The molecule has 0 bridgehead atoms. The fraction of sp³-hybridized carbons (Fsp3) is 0.300. The topological polar surface area (TPSA) is 46.9 Å². The molecular weight excluding hydrogens is 369 g/mol. The second kappa shape index (κ2) is 8.56. The standard InChI is InChI=1S/C20H21Cl2N3O/c1-2-20(26)23-12-6-11-19-24-17-9-3-4-10-18(17)25(19)13-14-15(21)7-5-8-16(14)22/h3-5,7-10H,2,6,11-13H2,1H3,(H,23,26). The molecule has 1 amide bonds. The Hall–Kier alpha value is -2.04. The molecule has 3 aromatic rings. The number of benzene rings is 2. The van der Waals surface area contributed by atoms with E-state index < -0.39 is 0 Å². The summed E-state index contributed by atoms with van der Waals surface area (Å²) in [4.78, 5) is 16.2. The first kappa shape index (κ1) is 18.7. The zero-order chi connectivity index (χ0) is 18.5. The lowest BCUT2D eigenvalue weighted by Gasteiger charge is -2.12. The molecule has 0 aliphatic carbocycles. The van der Waals surface area contributed by atoms with E-state index in [0.717, 1.165) is 35.3 Å². The fourth-order valence-electron chi connectivity index (χ4n) is 2.93. The van der Waals surface area contributed by atoms with E-state index >= 15 is 0 Å². The summed E-state index contributed by atoms with van der Waals surface area (Å²) < 4.78 is 2.16. The molecule has 0 radical (unpaired) electrons. The Morgan fingerprint density at radius 2 is 1.85 bits per heavy atom. The maximum atomic E-state index is 11.4. The van der Waals surface area contributed by atoms with Crippen molar-refractivity contribution in [1.29, 1.82) is 0 Å². The number of amides is 1. The Bertz CT molecular complexity index is 900. The third kappa shape index (κ3) is 4.19. The molecule has 0 aliphatic rings. The summed E-state index contributed by atoms with van der Waals surface area (Å²) in [7, 11) is 0. The van der Waals surface area contributed by atoms with E-state index in [1.807, 2.05) is 43.3 Å². The van der Waals surface area contributed by atoms with Crippen LogP contribution in [0, 0.1) is 0 Å². The van der Waals surface area contributed by atoms with Gasteiger partial charge >= 0.3 is 0 Å². The van der Waals surface area contributed by atoms with E-state index in [0.29, 0.717) is 29.6 Å². The number of carbonyl (C=O) groups excluding carboxylic acids is 1. The van der Waals surface area contributed by atoms with Crippen LogP contribution < -0.4 is 5.32 Å². The van der Waals surface area contributed by atoms with Crippen LogP contribution in [0.4, 0.5) is 0 Å². The van der Waals surface area contributed by atoms with E-state index in [4.69, 9.17) is 28.2 Å². The number of hydrogen-bond donors (Lipinski definition) is 1. The Morgan fingerprint density at radius 1 is 1.12 bits per heavy atom. The van der Waals surface area contributed by atoms with Gasteiger partial charge in [0.1, 0.15) is 5.82 Å². The number of aromatic nitrogens is 2. The van der Waals surface area contributed by atoms with Crippen LogP contribution in [0.15, 0.2) is 42.5 Å². The summed E-state index contributed by atoms with van der Waals surface area (Å²) in [6.45, 7) is 3.06. The normalized spacial score (nSPS) is 11.0. The van der Waals surface area contributed by atoms with Gasteiger partial charge in [-0.3, -0.25) is 4.79 Å². The Labute approximate surface area is 163 Å². The zero-order valence-electron chi connectivity index (χ0n) is 14.6. The molecule has 0 fully saturated rings. The molecule has 1 aromatic heterocycles. The van der Waals surface area contributed by atoms with E-state index in [1.54, 1.807) is 0 Å². The maximum absolute atomic E-state index is 11.4. The number of hydrogen-bond acceptors (Lipinski definition) is 2. The van der Waals surface area contributed by atoms with Gasteiger partial charge in [-0.25, -0.2) is 4.98 Å². The number of imidazole rings is 1. The van der Waals surface area contributed by atoms with Crippen molar-refractivity contribution in [2.75, 3.05) is 6.54 Å². The first-order valence-electron chi connectivity index (χ1n) is 8.74. The summed E-state index contributed by atoms with van der Waals surface area (Å²) in [5.41, 5.74) is 2.89. The van der Waals surface area contributed by atoms with Crippen molar-refractivity contribution < 1.29 is 4.79 Å². The Balaban J connectivity index is 1.86. The number of aryl methyl sites for hydroxylation is 1. The molecule has 2 aromatic carbocycles. The number of carbonyl (C=O) groups is 1. The number of rotatable bonds is 7. The Kier molecular flexibility index (Phi) is 6.17. The van der Waals surface area contributed by atoms with Crippen LogP contribution in [0.5, 0.6) is 0 Å². The van der Waals surface area contributed by atoms with Crippen LogP contribution in [-0.4, -0.2) is 22.0 Å². The van der Waals surface area contributed by atoms with Gasteiger partial charge in [0.15, 0.2) is 0 Å². The molecule has 0 unspecified atom stereocenters. The number of halogens is 2. The highest BCUT2D eigenvalue weighted by molar-refractivity contribution is 6.36. The minimum atomic E-state index is 0.0707. The van der Waals surface area contributed by atoms with Crippen molar-refractivity contribution in [2.24, 2.45) is 0 Å². The lowest BCUT2D eigenvalue weighted by atomic mass is 10.2. The van der Waals surface area contributed by atoms with Crippen LogP contribution in [-0.2, 0) is 17.8 Å². The van der Waals surface area contributed by atoms with Gasteiger partial charge in [-0.15, -0.1) is 0 Å². The van der Waals surface area contributed by atoms with Crippen LogP contribution in [0.2, 0.25) is 10.0 Å². The first-order chi connectivity index (χ1) is 12.6. The van der Waals surface area contributed by atoms with Crippen molar-refractivity contribution in [2.45, 2.75) is 32.7 Å². The summed E-state index contributed by atoms with van der Waals surface area (Å²) in [6.07, 6.45) is 2.09. The fourth-order valence-corrected chi connectivity index (χ4v) is 3.45. The van der Waals surface area contributed by atoms with E-state index in [2.05, 4.69) is 16.0 Å². The predicted molar refractivity (Wildman–Crippen MR) is 107 cm³/mol. The maximum Gasteiger partial charge on any atom is 0.219 e. The molecule has 26 heavy (non-hydrogen) atoms. The van der Waals surface area contributed by atoms with Crippen LogP contribution in [0.3, 0.4) is 0 Å². The minimum absolute atomic E-state index is 0.0707. The van der Waals surface area contributed by atoms with Gasteiger partial charge in [-0.05, 0) is 30.7 Å². The first-order valence-corrected chi connectivity index (χ1v) is 9.49. The van der Waals surface area contributed by atoms with Crippen molar-refractivity contribution in [3.05, 3.63) is 63.9 Å². The minimum Gasteiger partial charge on any atom is -0.356 e. The van der Waals surface area contributed by atoms with Gasteiger partial charge in [0.25, 0.3) is 0 Å². The molecule has 0 saturated heterocycles. The predicted octanol–water partition coefficient (Wildman–Crippen LogP) is 4.85. The van der Waals surface area contributed by atoms with Gasteiger partial charge in [0.2, 0.25) is 5.91 Å². The second-order valence-electron chi connectivity index (χ2n) is 6.11. The van der Waals surface area contributed by atoms with Gasteiger partial charge in [0.05, 0.1) is 17.6 Å². The molecular formula is C20H21Cl2N3O. The van der Waals surface area contributed by atoms with E-state index in [-0.39, 0.29) is 5.91 Å². The largest absolute Gasteiger partial charge is 0.356 e. The number of nitrogens with zero attached hydrogens (tertiary/aromatic N) is 2. The average Bonchev–Trinajstić information content (AvgIpc) is 2.99. The lowest BCUT2D eigenvalue weighted by Crippen LogP contribution is -2.23. The highest BCUT2D eigenvalue weighted by Gasteiger charge is 2.14. The lowest BCUT2D eigenvalue weighted by molar-refractivity contribution is -0.120. The third-order valence-electron chi connectivity index (χ3n) is 4.33. The number of fused-ring (bicyclic) bond motifs is 1. The summed E-state index contributed by atoms with van der Waals surface area (Å²) in [6, 6.07) is 13.6. The molecule has 0 aliphatic heterocycles. The Morgan fingerprint density at radius 3 is 2.58 bits per heavy atom. The molecule has 1 N–H and O–H groups in total. The van der Waals surface area contributed by atoms with Gasteiger partial charge in [0, 0.05) is 35.0 Å².